The molecule has 0 aliphatic heterocycles. The molecule has 0 unspecified atom stereocenters. The first kappa shape index (κ1) is 19.4. The maximum Gasteiger partial charge on any atom is 0.294 e. The monoisotopic (exact) mass is 400 g/mol. The van der Waals surface area contributed by atoms with Crippen molar-refractivity contribution in [1.29, 1.82) is 0 Å². The van der Waals surface area contributed by atoms with Gasteiger partial charge in [-0.1, -0.05) is 42.5 Å². The van der Waals surface area contributed by atoms with Crippen LogP contribution in [0.2, 0.25) is 0 Å². The minimum absolute atomic E-state index is 0.0318. The van der Waals surface area contributed by atoms with Crippen molar-refractivity contribution in [2.45, 2.75) is 13.5 Å². The van der Waals surface area contributed by atoms with Crippen molar-refractivity contribution in [3.8, 4) is 17.1 Å². The molecule has 6 nitrogen and oxygen atoms in total. The standard InChI is InChI=1S/C24H20N2O4/c1-16(27)18-12-13-22(29-2)19(14-18)15-30-26-23(17-8-4-3-5-9-17)25-21-11-7-6-10-20(21)24(26)28/h3-14H,15H2,1-2H3. The Morgan fingerprint density at radius 2 is 1.73 bits per heavy atom. The van der Waals surface area contributed by atoms with Gasteiger partial charge in [0.15, 0.2) is 11.6 Å². The van der Waals surface area contributed by atoms with Crippen molar-refractivity contribution in [3.63, 3.8) is 0 Å². The minimum Gasteiger partial charge on any atom is -0.496 e. The molecule has 0 bridgehead atoms. The first-order chi connectivity index (χ1) is 14.6. The third kappa shape index (κ3) is 3.67. The molecule has 0 spiro atoms. The topological polar surface area (TPSA) is 70.4 Å². The summed E-state index contributed by atoms with van der Waals surface area (Å²) in [6.45, 7) is 1.53. The molecular formula is C24H20N2O4. The van der Waals surface area contributed by atoms with Gasteiger partial charge in [0.1, 0.15) is 12.4 Å². The summed E-state index contributed by atoms with van der Waals surface area (Å²) in [6, 6.07) is 21.7. The van der Waals surface area contributed by atoms with Crippen LogP contribution in [0.25, 0.3) is 22.3 Å². The van der Waals surface area contributed by atoms with Crippen molar-refractivity contribution in [3.05, 3.63) is 94.3 Å². The minimum atomic E-state index is -0.304. The molecule has 0 aliphatic carbocycles. The van der Waals surface area contributed by atoms with Gasteiger partial charge >= 0.3 is 0 Å². The SMILES string of the molecule is COc1ccc(C(C)=O)cc1COn1c(-c2ccccc2)nc2ccccc2c1=O. The lowest BCUT2D eigenvalue weighted by molar-refractivity contribution is 0.0904. The summed E-state index contributed by atoms with van der Waals surface area (Å²) in [5.41, 5.74) is 2.24. The lowest BCUT2D eigenvalue weighted by atomic mass is 10.1. The second kappa shape index (κ2) is 8.21. The number of methoxy groups -OCH3 is 1. The van der Waals surface area contributed by atoms with Crippen LogP contribution in [0.3, 0.4) is 0 Å². The summed E-state index contributed by atoms with van der Waals surface area (Å²) in [6.07, 6.45) is 0. The third-order valence-corrected chi connectivity index (χ3v) is 4.81. The molecule has 0 saturated heterocycles. The molecule has 1 aromatic heterocycles. The lowest BCUT2D eigenvalue weighted by Gasteiger charge is -2.16. The number of carbonyl (C=O) groups excluding carboxylic acids is 1. The fourth-order valence-electron chi connectivity index (χ4n) is 3.25. The molecule has 0 radical (unpaired) electrons. The second-order valence-corrected chi connectivity index (χ2v) is 6.77. The highest BCUT2D eigenvalue weighted by Crippen LogP contribution is 2.22. The highest BCUT2D eigenvalue weighted by molar-refractivity contribution is 5.94. The Hall–Kier alpha value is -3.93. The number of ether oxygens (including phenoxy) is 1. The fourth-order valence-corrected chi connectivity index (χ4v) is 3.25. The van der Waals surface area contributed by atoms with Crippen molar-refractivity contribution < 1.29 is 14.4 Å². The zero-order valence-corrected chi connectivity index (χ0v) is 16.7. The largest absolute Gasteiger partial charge is 0.496 e. The van der Waals surface area contributed by atoms with Crippen LogP contribution in [-0.4, -0.2) is 22.6 Å². The summed E-state index contributed by atoms with van der Waals surface area (Å²) in [5, 5.41) is 0.460. The van der Waals surface area contributed by atoms with Crippen molar-refractivity contribution in [2.75, 3.05) is 7.11 Å². The van der Waals surface area contributed by atoms with Gasteiger partial charge in [-0.2, -0.15) is 0 Å². The van der Waals surface area contributed by atoms with Crippen LogP contribution in [0.15, 0.2) is 77.6 Å². The van der Waals surface area contributed by atoms with Crippen molar-refractivity contribution in [2.24, 2.45) is 0 Å². The Labute approximate surface area is 173 Å². The normalized spacial score (nSPS) is 10.7. The number of aromatic nitrogens is 2. The predicted octanol–water partition coefficient (Wildman–Crippen LogP) is 3.90. The van der Waals surface area contributed by atoms with Crippen LogP contribution in [0.4, 0.5) is 0 Å². The molecule has 0 aliphatic rings. The molecule has 3 aromatic carbocycles. The highest BCUT2D eigenvalue weighted by Gasteiger charge is 2.15. The Balaban J connectivity index is 1.81. The van der Waals surface area contributed by atoms with Gasteiger partial charge in [0, 0.05) is 16.7 Å². The maximum absolute atomic E-state index is 13.2. The first-order valence-electron chi connectivity index (χ1n) is 9.47. The fraction of sp³-hybridized carbons (Fsp3) is 0.125. The molecule has 0 atom stereocenters. The lowest BCUT2D eigenvalue weighted by Crippen LogP contribution is -2.29. The molecule has 150 valence electrons. The molecule has 6 heteroatoms. The molecule has 1 heterocycles. The van der Waals surface area contributed by atoms with Crippen LogP contribution in [-0.2, 0) is 6.61 Å². The van der Waals surface area contributed by atoms with Crippen LogP contribution in [0.5, 0.6) is 5.75 Å². The Bertz CT molecular complexity index is 1280. The average Bonchev–Trinajstić information content (AvgIpc) is 2.78. The van der Waals surface area contributed by atoms with E-state index in [1.165, 1.54) is 11.7 Å². The number of nitrogens with zero attached hydrogens (tertiary/aromatic N) is 2. The van der Waals surface area contributed by atoms with E-state index in [0.717, 1.165) is 5.56 Å². The Morgan fingerprint density at radius 1 is 1.00 bits per heavy atom. The molecular weight excluding hydrogens is 380 g/mol. The maximum atomic E-state index is 13.2. The van der Waals surface area contributed by atoms with Gasteiger partial charge in [0.25, 0.3) is 5.56 Å². The molecule has 0 fully saturated rings. The van der Waals surface area contributed by atoms with E-state index in [-0.39, 0.29) is 17.9 Å². The number of ketones is 1. The van der Waals surface area contributed by atoms with E-state index in [2.05, 4.69) is 4.98 Å². The van der Waals surface area contributed by atoms with Crippen LogP contribution in [0, 0.1) is 0 Å². The molecule has 0 N–H and O–H groups in total. The quantitative estimate of drug-likeness (QED) is 0.459. The van der Waals surface area contributed by atoms with E-state index < -0.39 is 0 Å². The van der Waals surface area contributed by atoms with Crippen LogP contribution in [0.1, 0.15) is 22.8 Å². The van der Waals surface area contributed by atoms with Crippen LogP contribution < -0.4 is 15.1 Å². The number of fused-ring (bicyclic) bond motifs is 1. The van der Waals surface area contributed by atoms with Gasteiger partial charge in [0.05, 0.1) is 18.0 Å². The van der Waals surface area contributed by atoms with Crippen molar-refractivity contribution in [1.82, 2.24) is 9.71 Å². The average molecular weight is 400 g/mol. The third-order valence-electron chi connectivity index (χ3n) is 4.81. The van der Waals surface area contributed by atoms with E-state index in [1.807, 2.05) is 36.4 Å². The number of carbonyl (C=O) groups is 1. The molecule has 4 aromatic rings. The van der Waals surface area contributed by atoms with Crippen molar-refractivity contribution >= 4 is 16.7 Å². The van der Waals surface area contributed by atoms with Crippen LogP contribution >= 0.6 is 0 Å². The van der Waals surface area contributed by atoms with Gasteiger partial charge in [-0.05, 0) is 37.3 Å². The molecule has 0 amide bonds. The molecule has 4 rings (SSSR count). The zero-order valence-electron chi connectivity index (χ0n) is 16.7. The highest BCUT2D eigenvalue weighted by atomic mass is 16.7. The first-order valence-corrected chi connectivity index (χ1v) is 9.47. The van der Waals surface area contributed by atoms with E-state index in [0.29, 0.717) is 33.6 Å². The van der Waals surface area contributed by atoms with E-state index in [4.69, 9.17) is 9.57 Å². The summed E-state index contributed by atoms with van der Waals surface area (Å²) in [7, 11) is 1.55. The number of rotatable bonds is 6. The Kier molecular flexibility index (Phi) is 5.30. The Morgan fingerprint density at radius 3 is 2.47 bits per heavy atom. The predicted molar refractivity (Wildman–Crippen MR) is 115 cm³/mol. The van der Waals surface area contributed by atoms with E-state index in [9.17, 15) is 9.59 Å². The number of hydrogen-bond donors (Lipinski definition) is 0. The number of benzene rings is 3. The van der Waals surface area contributed by atoms with Gasteiger partial charge in [0.2, 0.25) is 0 Å². The molecule has 30 heavy (non-hydrogen) atoms. The van der Waals surface area contributed by atoms with E-state index in [1.54, 1.807) is 43.5 Å². The number of hydrogen-bond acceptors (Lipinski definition) is 5. The van der Waals surface area contributed by atoms with E-state index >= 15 is 0 Å². The summed E-state index contributed by atoms with van der Waals surface area (Å²) < 4.78 is 6.60. The number of Topliss-reactive ketones (excluding diaryl/α,β-unsaturated/α-hetero) is 1. The molecule has 0 saturated carbocycles. The van der Waals surface area contributed by atoms with Gasteiger partial charge in [-0.25, -0.2) is 4.98 Å². The number of para-hydroxylation sites is 1. The summed E-state index contributed by atoms with van der Waals surface area (Å²) >= 11 is 0. The smallest absolute Gasteiger partial charge is 0.294 e. The van der Waals surface area contributed by atoms with Gasteiger partial charge in [-0.3, -0.25) is 9.59 Å². The second-order valence-electron chi connectivity index (χ2n) is 6.77. The van der Waals surface area contributed by atoms with Gasteiger partial charge < -0.3 is 9.57 Å². The summed E-state index contributed by atoms with van der Waals surface area (Å²) in [5.74, 6) is 0.914. The zero-order chi connectivity index (χ0) is 21.1. The van der Waals surface area contributed by atoms with Gasteiger partial charge in [-0.15, -0.1) is 4.73 Å². The summed E-state index contributed by atoms with van der Waals surface area (Å²) in [4.78, 5) is 35.6.